The van der Waals surface area contributed by atoms with E-state index in [0.717, 1.165) is 0 Å². The summed E-state index contributed by atoms with van der Waals surface area (Å²) in [4.78, 5) is 0. The fourth-order valence-electron chi connectivity index (χ4n) is 0.291. The number of alkyl halides is 8. The number of halogens is 8. The van der Waals surface area contributed by atoms with Gasteiger partial charge in [0.2, 0.25) is 11.3 Å². The molecule has 0 heterocycles. The summed E-state index contributed by atoms with van der Waals surface area (Å²) >= 11 is 8.15. The Bertz CT molecular complexity index is 138. The second-order valence-electron chi connectivity index (χ2n) is 1.85. The molecule has 0 amide bonds. The second-order valence-corrected chi connectivity index (χ2v) is 2.61. The molecular formula is C4H2Cl2F6. The van der Waals surface area contributed by atoms with E-state index in [9.17, 15) is 26.3 Å². The average Bonchev–Trinajstić information content (AvgIpc) is 1.86. The Balaban J connectivity index is 4.75. The zero-order chi connectivity index (χ0) is 10.2. The zero-order valence-electron chi connectivity index (χ0n) is 5.18. The van der Waals surface area contributed by atoms with E-state index < -0.39 is 23.1 Å². The molecule has 0 aromatic rings. The van der Waals surface area contributed by atoms with Gasteiger partial charge in [-0.15, -0.1) is 0 Å². The van der Waals surface area contributed by atoms with Crippen molar-refractivity contribution in [1.29, 1.82) is 0 Å². The van der Waals surface area contributed by atoms with Crippen LogP contribution >= 0.6 is 23.2 Å². The SMILES string of the molecule is FC(Cl)C(F)(F)C(F)(F)C(F)Cl. The normalized spacial score (nSPS) is 19.0. The molecule has 2 atom stereocenters. The van der Waals surface area contributed by atoms with Crippen LogP contribution in [0.5, 0.6) is 0 Å². The lowest BCUT2D eigenvalue weighted by Crippen LogP contribution is -2.50. The monoisotopic (exact) mass is 234 g/mol. The highest BCUT2D eigenvalue weighted by Gasteiger charge is 2.66. The van der Waals surface area contributed by atoms with Gasteiger partial charge in [0.1, 0.15) is 0 Å². The van der Waals surface area contributed by atoms with E-state index >= 15 is 0 Å². The highest BCUT2D eigenvalue weighted by molar-refractivity contribution is 6.21. The minimum atomic E-state index is -5.32. The third kappa shape index (κ3) is 1.90. The van der Waals surface area contributed by atoms with Crippen molar-refractivity contribution in [3.8, 4) is 0 Å². The summed E-state index contributed by atoms with van der Waals surface area (Å²) in [7, 11) is 0. The Morgan fingerprint density at radius 1 is 0.750 bits per heavy atom. The van der Waals surface area contributed by atoms with Crippen LogP contribution in [0.3, 0.4) is 0 Å². The summed E-state index contributed by atoms with van der Waals surface area (Å²) in [5.41, 5.74) is -7.38. The quantitative estimate of drug-likeness (QED) is 0.519. The van der Waals surface area contributed by atoms with E-state index in [0.29, 0.717) is 0 Å². The van der Waals surface area contributed by atoms with E-state index in [1.165, 1.54) is 0 Å². The molecule has 0 nitrogen and oxygen atoms in total. The van der Waals surface area contributed by atoms with Gasteiger partial charge in [-0.2, -0.15) is 17.6 Å². The first kappa shape index (κ1) is 12.2. The molecule has 8 heteroatoms. The molecule has 0 radical (unpaired) electrons. The van der Waals surface area contributed by atoms with Gasteiger partial charge in [-0.25, -0.2) is 8.78 Å². The van der Waals surface area contributed by atoms with Crippen LogP contribution in [-0.4, -0.2) is 23.1 Å². The minimum Gasteiger partial charge on any atom is -0.223 e. The fraction of sp³-hybridized carbons (Fsp3) is 1.00. The van der Waals surface area contributed by atoms with Gasteiger partial charge in [0.25, 0.3) is 0 Å². The number of rotatable bonds is 3. The van der Waals surface area contributed by atoms with Crippen molar-refractivity contribution < 1.29 is 26.3 Å². The molecule has 0 rings (SSSR count). The van der Waals surface area contributed by atoms with Crippen LogP contribution in [0.15, 0.2) is 0 Å². The van der Waals surface area contributed by atoms with Crippen molar-refractivity contribution in [1.82, 2.24) is 0 Å². The van der Waals surface area contributed by atoms with Crippen molar-refractivity contribution >= 4 is 23.2 Å². The predicted molar refractivity (Wildman–Crippen MR) is 31.4 cm³/mol. The van der Waals surface area contributed by atoms with E-state index in [2.05, 4.69) is 23.2 Å². The molecule has 0 fully saturated rings. The summed E-state index contributed by atoms with van der Waals surface area (Å²) < 4.78 is 71.3. The minimum absolute atomic E-state index is 3.69. The lowest BCUT2D eigenvalue weighted by atomic mass is 10.2. The third-order valence-corrected chi connectivity index (χ3v) is 1.54. The zero-order valence-corrected chi connectivity index (χ0v) is 6.69. The predicted octanol–water partition coefficient (Wildman–Crippen LogP) is 3.33. The Kier molecular flexibility index (Phi) is 3.54. The van der Waals surface area contributed by atoms with E-state index in [1.807, 2.05) is 0 Å². The average molecular weight is 235 g/mol. The highest BCUT2D eigenvalue weighted by Crippen LogP contribution is 2.44. The van der Waals surface area contributed by atoms with E-state index in [4.69, 9.17) is 0 Å². The summed E-state index contributed by atoms with van der Waals surface area (Å²) in [6.07, 6.45) is 0. The van der Waals surface area contributed by atoms with Crippen LogP contribution in [0.2, 0.25) is 0 Å². The molecule has 0 aliphatic heterocycles. The fourth-order valence-corrected chi connectivity index (χ4v) is 0.582. The van der Waals surface area contributed by atoms with Crippen LogP contribution < -0.4 is 0 Å². The topological polar surface area (TPSA) is 0 Å². The largest absolute Gasteiger partial charge is 0.358 e. The molecule has 2 unspecified atom stereocenters. The molecule has 12 heavy (non-hydrogen) atoms. The molecular weight excluding hydrogens is 233 g/mol. The molecule has 0 aromatic heterocycles. The van der Waals surface area contributed by atoms with Gasteiger partial charge >= 0.3 is 11.8 Å². The first-order valence-corrected chi connectivity index (χ1v) is 3.33. The van der Waals surface area contributed by atoms with Crippen LogP contribution in [-0.2, 0) is 0 Å². The summed E-state index contributed by atoms with van der Waals surface area (Å²) in [5.74, 6) is -10.6. The standard InChI is InChI=1S/C4H2Cl2F6/c5-1(7)3(9,10)4(11,12)2(6)8/h1-2H. The number of hydrogen-bond donors (Lipinski definition) is 0. The summed E-state index contributed by atoms with van der Waals surface area (Å²) in [6, 6.07) is 0. The Morgan fingerprint density at radius 2 is 0.917 bits per heavy atom. The maximum atomic E-state index is 12.0. The highest BCUT2D eigenvalue weighted by atomic mass is 35.5. The molecule has 0 spiro atoms. The van der Waals surface area contributed by atoms with Gasteiger partial charge in [-0.1, -0.05) is 23.2 Å². The smallest absolute Gasteiger partial charge is 0.223 e. The molecule has 0 aliphatic rings. The first-order chi connectivity index (χ1) is 5.14. The van der Waals surface area contributed by atoms with E-state index in [-0.39, 0.29) is 0 Å². The van der Waals surface area contributed by atoms with Gasteiger partial charge in [-0.3, -0.25) is 0 Å². The summed E-state index contributed by atoms with van der Waals surface area (Å²) in [6.45, 7) is 0. The molecule has 0 saturated carbocycles. The molecule has 0 bridgehead atoms. The number of hydrogen-bond acceptors (Lipinski definition) is 0. The van der Waals surface area contributed by atoms with Crippen molar-refractivity contribution in [3.05, 3.63) is 0 Å². The Hall–Kier alpha value is 0.160. The van der Waals surface area contributed by atoms with Gasteiger partial charge in [0.05, 0.1) is 0 Å². The van der Waals surface area contributed by atoms with Crippen molar-refractivity contribution in [3.63, 3.8) is 0 Å². The molecule has 0 aromatic carbocycles. The van der Waals surface area contributed by atoms with Gasteiger partial charge in [0, 0.05) is 0 Å². The maximum absolute atomic E-state index is 12.0. The van der Waals surface area contributed by atoms with Crippen molar-refractivity contribution in [2.75, 3.05) is 0 Å². The van der Waals surface area contributed by atoms with E-state index in [1.54, 1.807) is 0 Å². The Labute approximate surface area is 73.4 Å². The molecule has 0 N–H and O–H groups in total. The molecule has 74 valence electrons. The third-order valence-electron chi connectivity index (χ3n) is 0.993. The van der Waals surface area contributed by atoms with Gasteiger partial charge in [-0.05, 0) is 0 Å². The second kappa shape index (κ2) is 3.49. The molecule has 0 aliphatic carbocycles. The lowest BCUT2D eigenvalue weighted by molar-refractivity contribution is -0.238. The van der Waals surface area contributed by atoms with Gasteiger partial charge in [0.15, 0.2) is 0 Å². The van der Waals surface area contributed by atoms with Crippen LogP contribution in [0.1, 0.15) is 0 Å². The van der Waals surface area contributed by atoms with Crippen LogP contribution in [0.4, 0.5) is 26.3 Å². The summed E-state index contributed by atoms with van der Waals surface area (Å²) in [5, 5.41) is 0. The van der Waals surface area contributed by atoms with Crippen LogP contribution in [0, 0.1) is 0 Å². The van der Waals surface area contributed by atoms with Gasteiger partial charge < -0.3 is 0 Å². The maximum Gasteiger partial charge on any atom is 0.358 e. The van der Waals surface area contributed by atoms with Crippen molar-refractivity contribution in [2.45, 2.75) is 23.1 Å². The Morgan fingerprint density at radius 3 is 1.00 bits per heavy atom. The van der Waals surface area contributed by atoms with Crippen molar-refractivity contribution in [2.24, 2.45) is 0 Å². The lowest BCUT2D eigenvalue weighted by Gasteiger charge is -2.26. The van der Waals surface area contributed by atoms with Crippen LogP contribution in [0.25, 0.3) is 0 Å². The molecule has 0 saturated heterocycles. The first-order valence-electron chi connectivity index (χ1n) is 2.46.